The van der Waals surface area contributed by atoms with Crippen LogP contribution in [0.5, 0.6) is 0 Å². The van der Waals surface area contributed by atoms with Gasteiger partial charge in [-0.3, -0.25) is 4.79 Å². The van der Waals surface area contributed by atoms with Crippen molar-refractivity contribution in [1.29, 1.82) is 0 Å². The number of fused-ring (bicyclic) bond motifs is 2. The second-order valence-corrected chi connectivity index (χ2v) is 7.66. The molecule has 1 N–H and O–H groups in total. The molecule has 3 heterocycles. The molecule has 4 rings (SSSR count). The number of benzene rings is 1. The summed E-state index contributed by atoms with van der Waals surface area (Å²) in [6, 6.07) is 7.33. The fraction of sp³-hybridized carbons (Fsp3) is 0.381. The molecule has 6 nitrogen and oxygen atoms in total. The summed E-state index contributed by atoms with van der Waals surface area (Å²) >= 11 is 0. The third-order valence-electron chi connectivity index (χ3n) is 5.19. The van der Waals surface area contributed by atoms with E-state index in [0.717, 1.165) is 40.9 Å². The summed E-state index contributed by atoms with van der Waals surface area (Å²) in [7, 11) is 0. The Morgan fingerprint density at radius 2 is 2.11 bits per heavy atom. The Bertz CT molecular complexity index is 1080. The van der Waals surface area contributed by atoms with Crippen LogP contribution in [-0.4, -0.2) is 15.7 Å². The van der Waals surface area contributed by atoms with Gasteiger partial charge in [-0.15, -0.1) is 0 Å². The van der Waals surface area contributed by atoms with E-state index in [1.807, 2.05) is 36.0 Å². The van der Waals surface area contributed by atoms with E-state index >= 15 is 0 Å². The van der Waals surface area contributed by atoms with Gasteiger partial charge in [-0.25, -0.2) is 9.48 Å². The van der Waals surface area contributed by atoms with Crippen LogP contribution in [0.25, 0.3) is 11.0 Å². The summed E-state index contributed by atoms with van der Waals surface area (Å²) in [5.41, 5.74) is 3.04. The Balaban J connectivity index is 1.76. The number of rotatable bonds is 4. The van der Waals surface area contributed by atoms with E-state index in [-0.39, 0.29) is 17.5 Å². The zero-order valence-electron chi connectivity index (χ0n) is 15.8. The quantitative estimate of drug-likeness (QED) is 0.713. The Morgan fingerprint density at radius 1 is 1.30 bits per heavy atom. The van der Waals surface area contributed by atoms with E-state index in [1.54, 1.807) is 0 Å². The van der Waals surface area contributed by atoms with Crippen LogP contribution in [0.15, 0.2) is 39.7 Å². The van der Waals surface area contributed by atoms with Crippen molar-refractivity contribution in [1.82, 2.24) is 9.78 Å². The monoisotopic (exact) mass is 365 g/mol. The Hall–Kier alpha value is -2.89. The van der Waals surface area contributed by atoms with Gasteiger partial charge in [0.15, 0.2) is 0 Å². The van der Waals surface area contributed by atoms with E-state index in [1.165, 1.54) is 6.07 Å². The number of nitrogens with one attached hydrogen (secondary N) is 1. The lowest BCUT2D eigenvalue weighted by atomic mass is 9.87. The SMILES string of the molecule is Cc1cc(=O)oc2cc([C@@H]3CC(=O)Nc4c3cnn4CCC(C)C)ccc12. The molecule has 3 aromatic rings. The summed E-state index contributed by atoms with van der Waals surface area (Å²) in [6.45, 7) is 7.00. The van der Waals surface area contributed by atoms with Crippen LogP contribution in [0.3, 0.4) is 0 Å². The first kappa shape index (κ1) is 17.5. The summed E-state index contributed by atoms with van der Waals surface area (Å²) in [5.74, 6) is 1.22. The number of nitrogens with zero attached hydrogens (tertiary/aromatic N) is 2. The number of carbonyl (C=O) groups is 1. The van der Waals surface area contributed by atoms with Crippen LogP contribution in [0.1, 0.15) is 49.3 Å². The molecular formula is C21H23N3O3. The van der Waals surface area contributed by atoms with Crippen molar-refractivity contribution in [3.63, 3.8) is 0 Å². The van der Waals surface area contributed by atoms with Crippen molar-refractivity contribution in [2.24, 2.45) is 5.92 Å². The molecule has 1 aliphatic rings. The fourth-order valence-corrected chi connectivity index (χ4v) is 3.68. The van der Waals surface area contributed by atoms with Crippen LogP contribution < -0.4 is 10.9 Å². The number of anilines is 1. The normalized spacial score (nSPS) is 16.6. The van der Waals surface area contributed by atoms with Gasteiger partial charge in [0.05, 0.1) is 6.20 Å². The average molecular weight is 365 g/mol. The summed E-state index contributed by atoms with van der Waals surface area (Å²) < 4.78 is 7.26. The highest BCUT2D eigenvalue weighted by atomic mass is 16.4. The van der Waals surface area contributed by atoms with Crippen LogP contribution >= 0.6 is 0 Å². The molecule has 0 saturated carbocycles. The summed E-state index contributed by atoms with van der Waals surface area (Å²) in [5, 5.41) is 8.38. The van der Waals surface area contributed by atoms with Crippen molar-refractivity contribution in [3.05, 3.63) is 57.6 Å². The molecule has 6 heteroatoms. The molecule has 27 heavy (non-hydrogen) atoms. The molecule has 0 aliphatic carbocycles. The lowest BCUT2D eigenvalue weighted by molar-refractivity contribution is -0.116. The Morgan fingerprint density at radius 3 is 2.89 bits per heavy atom. The number of aromatic nitrogens is 2. The average Bonchev–Trinajstić information content (AvgIpc) is 3.01. The molecule has 1 aliphatic heterocycles. The van der Waals surface area contributed by atoms with Crippen molar-refractivity contribution < 1.29 is 9.21 Å². The maximum atomic E-state index is 12.3. The number of hydrogen-bond donors (Lipinski definition) is 1. The van der Waals surface area contributed by atoms with Crippen molar-refractivity contribution >= 4 is 22.7 Å². The van der Waals surface area contributed by atoms with Crippen molar-refractivity contribution in [2.75, 3.05) is 5.32 Å². The van der Waals surface area contributed by atoms with Crippen molar-refractivity contribution in [3.8, 4) is 0 Å². The molecule has 0 spiro atoms. The standard InChI is InChI=1S/C21H23N3O3/c1-12(2)6-7-24-21-17(11-22-24)16(10-19(25)23-21)14-4-5-15-13(3)8-20(26)27-18(15)9-14/h4-5,8-9,11-12,16H,6-7,10H2,1-3H3,(H,23,25)/t16-/m0/s1. The van der Waals surface area contributed by atoms with Gasteiger partial charge in [-0.1, -0.05) is 26.0 Å². The second-order valence-electron chi connectivity index (χ2n) is 7.66. The van der Waals surface area contributed by atoms with Gasteiger partial charge in [-0.2, -0.15) is 5.10 Å². The van der Waals surface area contributed by atoms with Crippen molar-refractivity contribution in [2.45, 2.75) is 46.1 Å². The minimum absolute atomic E-state index is 0.0235. The first-order chi connectivity index (χ1) is 12.9. The van der Waals surface area contributed by atoms with Crippen LogP contribution in [-0.2, 0) is 11.3 Å². The minimum atomic E-state index is -0.360. The second kappa shape index (κ2) is 6.68. The van der Waals surface area contributed by atoms with Crippen LogP contribution in [0.2, 0.25) is 0 Å². The van der Waals surface area contributed by atoms with E-state index in [0.29, 0.717) is 17.9 Å². The summed E-state index contributed by atoms with van der Waals surface area (Å²) in [6.07, 6.45) is 3.19. The summed E-state index contributed by atoms with van der Waals surface area (Å²) in [4.78, 5) is 24.1. The topological polar surface area (TPSA) is 77.1 Å². The van der Waals surface area contributed by atoms with Crippen LogP contribution in [0, 0.1) is 12.8 Å². The van der Waals surface area contributed by atoms with Gasteiger partial charge in [0, 0.05) is 35.9 Å². The number of carbonyl (C=O) groups excluding carboxylic acids is 1. The van der Waals surface area contributed by atoms with Gasteiger partial charge in [0.2, 0.25) is 5.91 Å². The minimum Gasteiger partial charge on any atom is -0.423 e. The van der Waals surface area contributed by atoms with Crippen LogP contribution in [0.4, 0.5) is 5.82 Å². The first-order valence-corrected chi connectivity index (χ1v) is 9.32. The molecule has 1 atom stereocenters. The number of hydrogen-bond acceptors (Lipinski definition) is 4. The van der Waals surface area contributed by atoms with Gasteiger partial charge < -0.3 is 9.73 Å². The molecule has 0 fully saturated rings. The number of aryl methyl sites for hydroxylation is 2. The Labute approximate surface area is 157 Å². The van der Waals surface area contributed by atoms with E-state index in [9.17, 15) is 9.59 Å². The highest BCUT2D eigenvalue weighted by molar-refractivity contribution is 5.94. The molecule has 1 aromatic carbocycles. The lowest BCUT2D eigenvalue weighted by Gasteiger charge is -2.24. The molecule has 2 aromatic heterocycles. The zero-order valence-corrected chi connectivity index (χ0v) is 15.8. The largest absolute Gasteiger partial charge is 0.423 e. The molecule has 0 unspecified atom stereocenters. The molecule has 0 saturated heterocycles. The zero-order chi connectivity index (χ0) is 19.1. The molecule has 1 amide bonds. The maximum Gasteiger partial charge on any atom is 0.336 e. The maximum absolute atomic E-state index is 12.3. The molecule has 0 bridgehead atoms. The van der Waals surface area contributed by atoms with Gasteiger partial charge in [-0.05, 0) is 36.5 Å². The van der Waals surface area contributed by atoms with E-state index < -0.39 is 0 Å². The van der Waals surface area contributed by atoms with E-state index in [2.05, 4.69) is 24.3 Å². The highest BCUT2D eigenvalue weighted by Gasteiger charge is 2.30. The molecular weight excluding hydrogens is 342 g/mol. The molecule has 0 radical (unpaired) electrons. The third kappa shape index (κ3) is 3.27. The first-order valence-electron chi connectivity index (χ1n) is 9.32. The van der Waals surface area contributed by atoms with Gasteiger partial charge in [0.25, 0.3) is 0 Å². The van der Waals surface area contributed by atoms with Gasteiger partial charge >= 0.3 is 5.63 Å². The van der Waals surface area contributed by atoms with Gasteiger partial charge in [0.1, 0.15) is 11.4 Å². The Kier molecular flexibility index (Phi) is 4.34. The predicted molar refractivity (Wildman–Crippen MR) is 104 cm³/mol. The predicted octanol–water partition coefficient (Wildman–Crippen LogP) is 3.82. The smallest absolute Gasteiger partial charge is 0.336 e. The lowest BCUT2D eigenvalue weighted by Crippen LogP contribution is -2.25. The molecule has 140 valence electrons. The number of amides is 1. The fourth-order valence-electron chi connectivity index (χ4n) is 3.68. The van der Waals surface area contributed by atoms with E-state index in [4.69, 9.17) is 4.42 Å². The highest BCUT2D eigenvalue weighted by Crippen LogP contribution is 2.38. The third-order valence-corrected chi connectivity index (χ3v) is 5.19.